The number of nitrogens with zero attached hydrogens (tertiary/aromatic N) is 2. The normalized spacial score (nSPS) is 12.8. The minimum Gasteiger partial charge on any atom is -0.453 e. The number of rotatable bonds is 8. The molecule has 0 saturated heterocycles. The molecule has 2 aliphatic rings. The molecule has 87 heavy (non-hydrogen) atoms. The first-order chi connectivity index (χ1) is 43.0. The average Bonchev–Trinajstić information content (AvgIpc) is 1.51. The number of anilines is 6. The lowest BCUT2D eigenvalue weighted by Crippen LogP contribution is -2.26. The van der Waals surface area contributed by atoms with Gasteiger partial charge < -0.3 is 18.6 Å². The van der Waals surface area contributed by atoms with Gasteiger partial charge >= 0.3 is 0 Å². The van der Waals surface area contributed by atoms with Crippen molar-refractivity contribution in [3.63, 3.8) is 0 Å². The van der Waals surface area contributed by atoms with Gasteiger partial charge in [0, 0.05) is 55.4 Å². The van der Waals surface area contributed by atoms with Gasteiger partial charge in [-0.2, -0.15) is 0 Å². The van der Waals surface area contributed by atoms with E-state index in [9.17, 15) is 0 Å². The van der Waals surface area contributed by atoms with Crippen LogP contribution in [0.25, 0.3) is 110 Å². The molecule has 0 N–H and O–H groups in total. The molecular formula is C83H54N2O2. The summed E-state index contributed by atoms with van der Waals surface area (Å²) in [6.45, 7) is 4.34. The highest BCUT2D eigenvalue weighted by atomic mass is 16.3. The molecule has 2 heterocycles. The van der Waals surface area contributed by atoms with Gasteiger partial charge in [-0.1, -0.05) is 218 Å². The third-order valence-electron chi connectivity index (χ3n) is 18.9. The molecule has 16 aromatic rings. The Kier molecular flexibility index (Phi) is 10.7. The van der Waals surface area contributed by atoms with Crippen LogP contribution in [0.4, 0.5) is 34.1 Å². The van der Waals surface area contributed by atoms with Crippen LogP contribution in [0.15, 0.2) is 300 Å². The van der Waals surface area contributed by atoms with E-state index in [0.717, 1.165) is 99.9 Å². The minimum atomic E-state index is -0.620. The Morgan fingerprint density at radius 2 is 0.690 bits per heavy atom. The lowest BCUT2D eigenvalue weighted by atomic mass is 9.69. The summed E-state index contributed by atoms with van der Waals surface area (Å²) in [5.74, 6) is 0. The van der Waals surface area contributed by atoms with Crippen molar-refractivity contribution in [3.05, 3.63) is 325 Å². The van der Waals surface area contributed by atoms with Crippen LogP contribution in [0.2, 0.25) is 0 Å². The topological polar surface area (TPSA) is 32.8 Å². The van der Waals surface area contributed by atoms with E-state index in [1.54, 1.807) is 0 Å². The second kappa shape index (κ2) is 18.9. The van der Waals surface area contributed by atoms with Crippen molar-refractivity contribution in [3.8, 4) is 44.5 Å². The Bertz CT molecular complexity index is 5470. The third kappa shape index (κ3) is 7.13. The van der Waals surface area contributed by atoms with E-state index in [2.05, 4.69) is 315 Å². The van der Waals surface area contributed by atoms with Gasteiger partial charge in [-0.05, 0) is 175 Å². The summed E-state index contributed by atoms with van der Waals surface area (Å²) >= 11 is 0. The molecule has 408 valence electrons. The molecule has 4 nitrogen and oxygen atoms in total. The van der Waals surface area contributed by atoms with Gasteiger partial charge in [-0.15, -0.1) is 0 Å². The van der Waals surface area contributed by atoms with E-state index >= 15 is 0 Å². The van der Waals surface area contributed by atoms with Crippen LogP contribution in [-0.4, -0.2) is 0 Å². The molecule has 0 radical (unpaired) electrons. The smallest absolute Gasteiger partial charge is 0.159 e. The SMILES string of the molecule is Cc1ccccc1-c1cccc2c1oc1c(N(c3ccccc3)c3ccc4cc5c(cc4c3)C3(c4ccccc4-c4ccccc43)c3c-5ccc4cc(N(c5ccccc5)c5cccc6c5oc5c(-c7ccccc7C)cccc56)ccc34)cccc12. The quantitative estimate of drug-likeness (QED) is 0.152. The molecule has 2 aromatic heterocycles. The fraction of sp³-hybridized carbons (Fsp3) is 0.0361. The van der Waals surface area contributed by atoms with E-state index in [1.807, 2.05) is 0 Å². The average molecular weight is 1110 g/mol. The Labute approximate surface area is 503 Å². The van der Waals surface area contributed by atoms with Crippen LogP contribution in [0, 0.1) is 13.8 Å². The van der Waals surface area contributed by atoms with Crippen LogP contribution >= 0.6 is 0 Å². The number of hydrogen-bond acceptors (Lipinski definition) is 4. The summed E-state index contributed by atoms with van der Waals surface area (Å²) < 4.78 is 14.3. The van der Waals surface area contributed by atoms with Gasteiger partial charge in [-0.25, -0.2) is 0 Å². The lowest BCUT2D eigenvalue weighted by molar-refractivity contribution is 0.670. The molecule has 0 saturated carbocycles. The van der Waals surface area contributed by atoms with E-state index in [1.165, 1.54) is 77.5 Å². The van der Waals surface area contributed by atoms with E-state index in [-0.39, 0.29) is 0 Å². The summed E-state index contributed by atoms with van der Waals surface area (Å²) in [6.07, 6.45) is 0. The Morgan fingerprint density at radius 3 is 1.23 bits per heavy atom. The first kappa shape index (κ1) is 49.2. The first-order valence-corrected chi connectivity index (χ1v) is 30.1. The molecule has 0 fully saturated rings. The third-order valence-corrected chi connectivity index (χ3v) is 18.9. The minimum absolute atomic E-state index is 0.620. The van der Waals surface area contributed by atoms with Crippen molar-refractivity contribution < 1.29 is 8.83 Å². The Hall–Kier alpha value is -11.2. The monoisotopic (exact) mass is 1110 g/mol. The maximum absolute atomic E-state index is 7.16. The predicted molar refractivity (Wildman–Crippen MR) is 362 cm³/mol. The van der Waals surface area contributed by atoms with Gasteiger partial charge in [0.05, 0.1) is 16.8 Å². The fourth-order valence-electron chi connectivity index (χ4n) is 15.1. The zero-order valence-corrected chi connectivity index (χ0v) is 47.9. The van der Waals surface area contributed by atoms with E-state index < -0.39 is 5.41 Å². The highest BCUT2D eigenvalue weighted by molar-refractivity contribution is 6.16. The second-order valence-electron chi connectivity index (χ2n) is 23.5. The maximum Gasteiger partial charge on any atom is 0.159 e. The number of fused-ring (bicyclic) bond motifs is 19. The number of furan rings is 2. The summed E-state index contributed by atoms with van der Waals surface area (Å²) in [4.78, 5) is 4.74. The summed E-state index contributed by atoms with van der Waals surface area (Å²) in [6, 6.07) is 107. The number of para-hydroxylation sites is 6. The first-order valence-electron chi connectivity index (χ1n) is 30.1. The van der Waals surface area contributed by atoms with Crippen molar-refractivity contribution in [2.75, 3.05) is 9.80 Å². The van der Waals surface area contributed by atoms with Crippen molar-refractivity contribution in [2.45, 2.75) is 19.3 Å². The van der Waals surface area contributed by atoms with Gasteiger partial charge in [0.15, 0.2) is 11.2 Å². The predicted octanol–water partition coefficient (Wildman–Crippen LogP) is 23.0. The van der Waals surface area contributed by atoms with Gasteiger partial charge in [-0.3, -0.25) is 0 Å². The van der Waals surface area contributed by atoms with Crippen LogP contribution in [0.3, 0.4) is 0 Å². The highest BCUT2D eigenvalue weighted by Crippen LogP contribution is 2.65. The molecule has 2 aliphatic carbocycles. The second-order valence-corrected chi connectivity index (χ2v) is 23.5. The van der Waals surface area contributed by atoms with E-state index in [0.29, 0.717) is 0 Å². The zero-order chi connectivity index (χ0) is 57.5. The number of hydrogen-bond donors (Lipinski definition) is 0. The molecule has 4 heteroatoms. The molecule has 18 rings (SSSR count). The molecular weight excluding hydrogens is 1060 g/mol. The summed E-state index contributed by atoms with van der Waals surface area (Å²) in [5, 5.41) is 9.09. The molecule has 14 aromatic carbocycles. The number of aryl methyl sites for hydroxylation is 2. The highest BCUT2D eigenvalue weighted by Gasteiger charge is 2.52. The fourth-order valence-corrected chi connectivity index (χ4v) is 15.1. The van der Waals surface area contributed by atoms with Crippen LogP contribution in [0.1, 0.15) is 33.4 Å². The van der Waals surface area contributed by atoms with Crippen LogP contribution in [0.5, 0.6) is 0 Å². The Balaban J connectivity index is 0.830. The maximum atomic E-state index is 7.16. The Morgan fingerprint density at radius 1 is 0.253 bits per heavy atom. The van der Waals surface area contributed by atoms with Crippen molar-refractivity contribution in [1.82, 2.24) is 0 Å². The van der Waals surface area contributed by atoms with Crippen LogP contribution < -0.4 is 9.80 Å². The van der Waals surface area contributed by atoms with Gasteiger partial charge in [0.2, 0.25) is 0 Å². The number of benzene rings is 14. The summed E-state index contributed by atoms with van der Waals surface area (Å²) in [7, 11) is 0. The van der Waals surface area contributed by atoms with Crippen LogP contribution in [-0.2, 0) is 5.41 Å². The molecule has 0 unspecified atom stereocenters. The lowest BCUT2D eigenvalue weighted by Gasteiger charge is -2.32. The van der Waals surface area contributed by atoms with E-state index in [4.69, 9.17) is 8.83 Å². The standard InChI is InChI=1S/C83H54N2O2/c1-51-21-9-11-27-60(51)66-31-17-33-68-70-35-19-39-76(81(70)86-79(66)68)84(56-23-5-3-6-24-56)58-43-41-53-49-72-65-45-42-54-47-59(44-46-62(54)78(65)83(75(72)50-55(53)48-58)73-37-15-13-29-63(73)64-30-14-16-38-74(64)83)85(57-25-7-4-8-26-57)77-40-20-36-71-69-34-18-32-67(80(69)87-82(71)77)61-28-12-10-22-52(61)2/h3-50H,1-2H3. The molecule has 0 amide bonds. The largest absolute Gasteiger partial charge is 0.453 e. The molecule has 0 atom stereocenters. The van der Waals surface area contributed by atoms with Crippen molar-refractivity contribution in [1.29, 1.82) is 0 Å². The molecule has 1 spiro atoms. The van der Waals surface area contributed by atoms with Crippen molar-refractivity contribution in [2.24, 2.45) is 0 Å². The summed E-state index contributed by atoms with van der Waals surface area (Å²) in [5.41, 5.74) is 26.2. The van der Waals surface area contributed by atoms with Gasteiger partial charge in [0.25, 0.3) is 0 Å². The molecule has 0 bridgehead atoms. The zero-order valence-electron chi connectivity index (χ0n) is 47.9. The van der Waals surface area contributed by atoms with Gasteiger partial charge in [0.1, 0.15) is 11.2 Å². The van der Waals surface area contributed by atoms with Crippen molar-refractivity contribution >= 4 is 99.5 Å². The molecule has 0 aliphatic heterocycles.